The van der Waals surface area contributed by atoms with Crippen molar-refractivity contribution in [2.75, 3.05) is 5.43 Å². The summed E-state index contributed by atoms with van der Waals surface area (Å²) in [5, 5.41) is 18.3. The van der Waals surface area contributed by atoms with E-state index in [0.717, 1.165) is 22.0 Å². The Bertz CT molecular complexity index is 1030. The Morgan fingerprint density at radius 3 is 2.64 bits per heavy atom. The van der Waals surface area contributed by atoms with E-state index in [2.05, 4.69) is 45.1 Å². The maximum atomic E-state index is 4.24. The first kappa shape index (κ1) is 15.0. The fraction of sp³-hybridized carbons (Fsp3) is 0.0526. The van der Waals surface area contributed by atoms with Crippen LogP contribution >= 0.6 is 0 Å². The van der Waals surface area contributed by atoms with E-state index in [1.807, 2.05) is 54.6 Å². The summed E-state index contributed by atoms with van der Waals surface area (Å²) in [6, 6.07) is 22.2. The average molecular weight is 328 g/mol. The highest BCUT2D eigenvalue weighted by Crippen LogP contribution is 2.23. The number of hydrogen-bond donors (Lipinski definition) is 1. The first-order valence-electron chi connectivity index (χ1n) is 7.93. The topological polar surface area (TPSA) is 68.0 Å². The van der Waals surface area contributed by atoms with Crippen LogP contribution in [-0.2, 0) is 0 Å². The van der Waals surface area contributed by atoms with E-state index >= 15 is 0 Å². The fourth-order valence-electron chi connectivity index (χ4n) is 2.63. The summed E-state index contributed by atoms with van der Waals surface area (Å²) in [5.74, 6) is 0.458. The number of rotatable bonds is 4. The van der Waals surface area contributed by atoms with Gasteiger partial charge in [-0.15, -0.1) is 0 Å². The second-order valence-electron chi connectivity index (χ2n) is 5.69. The van der Waals surface area contributed by atoms with Crippen LogP contribution in [0.1, 0.15) is 11.1 Å². The molecule has 0 radical (unpaired) electrons. The average Bonchev–Trinajstić information content (AvgIpc) is 3.11. The smallest absolute Gasteiger partial charge is 0.244 e. The van der Waals surface area contributed by atoms with Crippen molar-refractivity contribution in [1.82, 2.24) is 20.2 Å². The largest absolute Gasteiger partial charge is 0.268 e. The summed E-state index contributed by atoms with van der Waals surface area (Å²) in [6.07, 6.45) is 1.74. The van der Waals surface area contributed by atoms with Gasteiger partial charge in [0.25, 0.3) is 5.95 Å². The third-order valence-electron chi connectivity index (χ3n) is 3.92. The molecule has 1 N–H and O–H groups in total. The van der Waals surface area contributed by atoms with E-state index in [0.29, 0.717) is 5.95 Å². The van der Waals surface area contributed by atoms with Crippen molar-refractivity contribution in [2.45, 2.75) is 6.92 Å². The maximum Gasteiger partial charge on any atom is 0.268 e. The van der Waals surface area contributed by atoms with Gasteiger partial charge in [-0.1, -0.05) is 71.3 Å². The molecular weight excluding hydrogens is 312 g/mol. The van der Waals surface area contributed by atoms with Crippen LogP contribution in [0.25, 0.3) is 16.5 Å². The van der Waals surface area contributed by atoms with E-state index in [4.69, 9.17) is 0 Å². The van der Waals surface area contributed by atoms with E-state index in [1.54, 1.807) is 10.9 Å². The Morgan fingerprint density at radius 1 is 0.960 bits per heavy atom. The number of anilines is 1. The Balaban J connectivity index is 1.63. The molecule has 4 aromatic rings. The highest BCUT2D eigenvalue weighted by Gasteiger charge is 2.10. The van der Waals surface area contributed by atoms with Crippen LogP contribution in [0.15, 0.2) is 71.8 Å². The monoisotopic (exact) mass is 328 g/mol. The molecule has 0 fully saturated rings. The van der Waals surface area contributed by atoms with Crippen LogP contribution in [0.3, 0.4) is 0 Å². The van der Waals surface area contributed by atoms with Crippen molar-refractivity contribution in [3.63, 3.8) is 0 Å². The Hall–Kier alpha value is -3.54. The lowest BCUT2D eigenvalue weighted by Crippen LogP contribution is -2.04. The maximum absolute atomic E-state index is 4.24. The first-order valence-corrected chi connectivity index (χ1v) is 7.93. The number of aryl methyl sites for hydroxylation is 1. The minimum atomic E-state index is 0.458. The molecule has 0 spiro atoms. The standard InChI is InChI=1S/C19H16N6/c1-14-9-11-15(12-10-14)13-20-21-19-22-23-24-25(19)18-8-4-6-16-5-2-3-7-17(16)18/h2-13H,1H3,(H,21,22,24)/b20-13+. The van der Waals surface area contributed by atoms with Crippen molar-refractivity contribution in [2.24, 2.45) is 5.10 Å². The summed E-state index contributed by atoms with van der Waals surface area (Å²) < 4.78 is 1.65. The third kappa shape index (κ3) is 3.10. The molecule has 122 valence electrons. The van der Waals surface area contributed by atoms with Gasteiger partial charge in [0.1, 0.15) is 0 Å². The van der Waals surface area contributed by atoms with Crippen molar-refractivity contribution in [3.8, 4) is 5.69 Å². The molecule has 1 heterocycles. The van der Waals surface area contributed by atoms with Gasteiger partial charge in [-0.3, -0.25) is 0 Å². The van der Waals surface area contributed by atoms with Crippen LogP contribution in [0.5, 0.6) is 0 Å². The van der Waals surface area contributed by atoms with Crippen molar-refractivity contribution in [1.29, 1.82) is 0 Å². The van der Waals surface area contributed by atoms with Gasteiger partial charge in [-0.2, -0.15) is 9.78 Å². The second kappa shape index (κ2) is 6.52. The van der Waals surface area contributed by atoms with Crippen molar-refractivity contribution < 1.29 is 0 Å². The van der Waals surface area contributed by atoms with Crippen LogP contribution in [0.2, 0.25) is 0 Å². The molecule has 4 rings (SSSR count). The highest BCUT2D eigenvalue weighted by molar-refractivity contribution is 5.90. The van der Waals surface area contributed by atoms with Crippen LogP contribution < -0.4 is 5.43 Å². The van der Waals surface area contributed by atoms with Gasteiger partial charge in [0.05, 0.1) is 11.9 Å². The zero-order chi connectivity index (χ0) is 17.1. The number of hydrazone groups is 1. The SMILES string of the molecule is Cc1ccc(/C=N/Nc2nnnn2-c2cccc3ccccc23)cc1. The zero-order valence-corrected chi connectivity index (χ0v) is 13.7. The molecule has 0 bridgehead atoms. The summed E-state index contributed by atoms with van der Waals surface area (Å²) in [6.45, 7) is 2.05. The number of nitrogens with one attached hydrogen (secondary N) is 1. The summed E-state index contributed by atoms with van der Waals surface area (Å²) in [5.41, 5.74) is 6.03. The zero-order valence-electron chi connectivity index (χ0n) is 13.7. The molecule has 6 heteroatoms. The molecule has 0 aliphatic carbocycles. The lowest BCUT2D eigenvalue weighted by Gasteiger charge is -2.07. The van der Waals surface area contributed by atoms with Crippen molar-refractivity contribution in [3.05, 3.63) is 77.9 Å². The Labute approximate surface area is 144 Å². The van der Waals surface area contributed by atoms with Gasteiger partial charge in [-0.05, 0) is 34.4 Å². The molecule has 0 unspecified atom stereocenters. The third-order valence-corrected chi connectivity index (χ3v) is 3.92. The number of benzene rings is 3. The fourth-order valence-corrected chi connectivity index (χ4v) is 2.63. The summed E-state index contributed by atoms with van der Waals surface area (Å²) >= 11 is 0. The Morgan fingerprint density at radius 2 is 1.76 bits per heavy atom. The van der Waals surface area contributed by atoms with Crippen LogP contribution in [-0.4, -0.2) is 26.4 Å². The van der Waals surface area contributed by atoms with Gasteiger partial charge in [0.2, 0.25) is 0 Å². The Kier molecular flexibility index (Phi) is 3.92. The van der Waals surface area contributed by atoms with Gasteiger partial charge in [0.15, 0.2) is 0 Å². The predicted molar refractivity (Wildman–Crippen MR) is 99.1 cm³/mol. The molecule has 0 saturated carbocycles. The minimum Gasteiger partial charge on any atom is -0.244 e. The molecule has 0 atom stereocenters. The molecule has 6 nitrogen and oxygen atoms in total. The van der Waals surface area contributed by atoms with Crippen LogP contribution in [0, 0.1) is 6.92 Å². The molecule has 25 heavy (non-hydrogen) atoms. The molecule has 0 saturated heterocycles. The molecule has 0 aliphatic rings. The number of nitrogens with zero attached hydrogens (tertiary/aromatic N) is 5. The lowest BCUT2D eigenvalue weighted by molar-refractivity contribution is 0.794. The van der Waals surface area contributed by atoms with Gasteiger partial charge < -0.3 is 0 Å². The highest BCUT2D eigenvalue weighted by atomic mass is 15.6. The van der Waals surface area contributed by atoms with Gasteiger partial charge in [-0.25, -0.2) is 5.43 Å². The number of aromatic nitrogens is 4. The van der Waals surface area contributed by atoms with E-state index < -0.39 is 0 Å². The molecule has 0 amide bonds. The normalized spacial score (nSPS) is 11.2. The van der Waals surface area contributed by atoms with E-state index in [-0.39, 0.29) is 0 Å². The summed E-state index contributed by atoms with van der Waals surface area (Å²) in [7, 11) is 0. The van der Waals surface area contributed by atoms with Crippen LogP contribution in [0.4, 0.5) is 5.95 Å². The van der Waals surface area contributed by atoms with Gasteiger partial charge >= 0.3 is 0 Å². The molecule has 0 aliphatic heterocycles. The quantitative estimate of drug-likeness (QED) is 0.459. The van der Waals surface area contributed by atoms with E-state index in [9.17, 15) is 0 Å². The lowest BCUT2D eigenvalue weighted by atomic mass is 10.1. The first-order chi connectivity index (χ1) is 12.3. The number of hydrogen-bond acceptors (Lipinski definition) is 5. The molecule has 1 aromatic heterocycles. The van der Waals surface area contributed by atoms with Crippen molar-refractivity contribution >= 4 is 22.9 Å². The number of fused-ring (bicyclic) bond motifs is 1. The van der Waals surface area contributed by atoms with Gasteiger partial charge in [0, 0.05) is 5.39 Å². The second-order valence-corrected chi connectivity index (χ2v) is 5.69. The predicted octanol–water partition coefficient (Wildman–Crippen LogP) is 3.57. The summed E-state index contributed by atoms with van der Waals surface area (Å²) in [4.78, 5) is 0. The van der Waals surface area contributed by atoms with E-state index in [1.165, 1.54) is 5.56 Å². The minimum absolute atomic E-state index is 0.458. The number of tetrazole rings is 1. The molecular formula is C19H16N6. The molecule has 3 aromatic carbocycles.